The van der Waals surface area contributed by atoms with Crippen LogP contribution in [0.25, 0.3) is 0 Å². The molecule has 1 aliphatic heterocycles. The number of rotatable bonds is 1. The molecule has 3 nitrogen and oxygen atoms in total. The van der Waals surface area contributed by atoms with Gasteiger partial charge >= 0.3 is 0 Å². The lowest BCUT2D eigenvalue weighted by molar-refractivity contribution is 0.0305. The van der Waals surface area contributed by atoms with Crippen molar-refractivity contribution in [2.24, 2.45) is 5.73 Å². The van der Waals surface area contributed by atoms with Crippen LogP contribution in [-0.2, 0) is 4.74 Å². The summed E-state index contributed by atoms with van der Waals surface area (Å²) in [7, 11) is 2.01. The molecule has 1 fully saturated rings. The summed E-state index contributed by atoms with van der Waals surface area (Å²) in [6.45, 7) is 2.35. The Balaban J connectivity index is 2.47. The van der Waals surface area contributed by atoms with Crippen molar-refractivity contribution in [1.29, 1.82) is 0 Å². The van der Waals surface area contributed by atoms with Gasteiger partial charge in [-0.25, -0.2) is 0 Å². The summed E-state index contributed by atoms with van der Waals surface area (Å²) in [6.07, 6.45) is 0. The minimum atomic E-state index is 0.142. The van der Waals surface area contributed by atoms with Crippen LogP contribution >= 0.6 is 12.2 Å². The van der Waals surface area contributed by atoms with E-state index in [9.17, 15) is 0 Å². The minimum absolute atomic E-state index is 0.142. The fourth-order valence-corrected chi connectivity index (χ4v) is 1.23. The Hall–Kier alpha value is -0.190. The Bertz CT molecular complexity index is 140. The molecule has 0 bridgehead atoms. The fraction of sp³-hybridized carbons (Fsp3) is 0.833. The molecule has 0 aromatic rings. The third kappa shape index (κ3) is 1.65. The smallest absolute Gasteiger partial charge is 0.0925 e. The molecule has 4 heteroatoms. The number of morpholine rings is 1. The average Bonchev–Trinajstić information content (AvgIpc) is 1.88. The summed E-state index contributed by atoms with van der Waals surface area (Å²) in [6, 6.07) is 0.142. The van der Waals surface area contributed by atoms with E-state index in [-0.39, 0.29) is 6.04 Å². The first-order chi connectivity index (χ1) is 4.72. The van der Waals surface area contributed by atoms with Crippen LogP contribution in [0.3, 0.4) is 0 Å². The van der Waals surface area contributed by atoms with Gasteiger partial charge in [-0.3, -0.25) is 4.90 Å². The highest BCUT2D eigenvalue weighted by molar-refractivity contribution is 7.80. The molecule has 1 rings (SSSR count). The minimum Gasteiger partial charge on any atom is -0.392 e. The molecule has 0 aliphatic carbocycles. The molecule has 58 valence electrons. The fourth-order valence-electron chi connectivity index (χ4n) is 0.986. The Labute approximate surface area is 66.1 Å². The second-order valence-electron chi connectivity index (χ2n) is 2.47. The summed E-state index contributed by atoms with van der Waals surface area (Å²) in [4.78, 5) is 2.65. The van der Waals surface area contributed by atoms with Crippen LogP contribution in [0.4, 0.5) is 0 Å². The first-order valence-corrected chi connectivity index (χ1v) is 3.70. The van der Waals surface area contributed by atoms with E-state index < -0.39 is 0 Å². The number of nitrogens with two attached hydrogens (primary N) is 1. The zero-order valence-electron chi connectivity index (χ0n) is 6.04. The van der Waals surface area contributed by atoms with E-state index in [1.165, 1.54) is 0 Å². The largest absolute Gasteiger partial charge is 0.392 e. The van der Waals surface area contributed by atoms with Gasteiger partial charge in [-0.05, 0) is 7.05 Å². The van der Waals surface area contributed by atoms with Crippen LogP contribution in [0.5, 0.6) is 0 Å². The predicted octanol–water partition coefficient (Wildman–Crippen LogP) is -0.397. The molecule has 0 spiro atoms. The van der Waals surface area contributed by atoms with Gasteiger partial charge in [0.25, 0.3) is 0 Å². The molecular formula is C6H12N2OS. The van der Waals surface area contributed by atoms with E-state index in [0.717, 1.165) is 13.2 Å². The molecule has 1 heterocycles. The van der Waals surface area contributed by atoms with E-state index in [1.807, 2.05) is 7.05 Å². The summed E-state index contributed by atoms with van der Waals surface area (Å²) >= 11 is 4.85. The van der Waals surface area contributed by atoms with Gasteiger partial charge < -0.3 is 10.5 Å². The first-order valence-electron chi connectivity index (χ1n) is 3.29. The van der Waals surface area contributed by atoms with Crippen molar-refractivity contribution in [2.45, 2.75) is 6.04 Å². The second-order valence-corrected chi connectivity index (χ2v) is 2.95. The van der Waals surface area contributed by atoms with Crippen LogP contribution in [0.2, 0.25) is 0 Å². The maximum absolute atomic E-state index is 5.47. The number of hydrogen-bond acceptors (Lipinski definition) is 3. The molecule has 0 aromatic heterocycles. The monoisotopic (exact) mass is 160 g/mol. The van der Waals surface area contributed by atoms with E-state index in [1.54, 1.807) is 0 Å². The zero-order valence-corrected chi connectivity index (χ0v) is 6.86. The van der Waals surface area contributed by atoms with E-state index in [4.69, 9.17) is 22.7 Å². The lowest BCUT2D eigenvalue weighted by atomic mass is 10.2. The second kappa shape index (κ2) is 3.27. The molecule has 1 atom stereocenters. The highest BCUT2D eigenvalue weighted by Crippen LogP contribution is 2.03. The molecule has 1 aliphatic rings. The SMILES string of the molecule is CN1CCOCC1C(N)=S. The van der Waals surface area contributed by atoms with Crippen molar-refractivity contribution < 1.29 is 4.74 Å². The lowest BCUT2D eigenvalue weighted by Gasteiger charge is -2.31. The van der Waals surface area contributed by atoms with Crippen LogP contribution in [0.1, 0.15) is 0 Å². The van der Waals surface area contributed by atoms with Crippen LogP contribution < -0.4 is 5.73 Å². The van der Waals surface area contributed by atoms with Gasteiger partial charge in [-0.1, -0.05) is 12.2 Å². The van der Waals surface area contributed by atoms with Crippen molar-refractivity contribution in [1.82, 2.24) is 4.90 Å². The predicted molar refractivity (Wildman–Crippen MR) is 44.0 cm³/mol. The summed E-state index contributed by atoms with van der Waals surface area (Å²) < 4.78 is 5.20. The van der Waals surface area contributed by atoms with Gasteiger partial charge in [0.15, 0.2) is 0 Å². The van der Waals surface area contributed by atoms with Crippen LogP contribution in [0.15, 0.2) is 0 Å². The number of thiocarbonyl (C=S) groups is 1. The number of nitrogens with zero attached hydrogens (tertiary/aromatic N) is 1. The van der Waals surface area contributed by atoms with Crippen molar-refractivity contribution in [2.75, 3.05) is 26.8 Å². The van der Waals surface area contributed by atoms with Crippen molar-refractivity contribution in [3.05, 3.63) is 0 Å². The molecule has 1 unspecified atom stereocenters. The van der Waals surface area contributed by atoms with Gasteiger partial charge in [0.05, 0.1) is 24.2 Å². The van der Waals surface area contributed by atoms with E-state index >= 15 is 0 Å². The Morgan fingerprint density at radius 3 is 2.90 bits per heavy atom. The third-order valence-electron chi connectivity index (χ3n) is 1.72. The van der Waals surface area contributed by atoms with Crippen molar-refractivity contribution >= 4 is 17.2 Å². The van der Waals surface area contributed by atoms with Gasteiger partial charge in [-0.15, -0.1) is 0 Å². The van der Waals surface area contributed by atoms with Crippen molar-refractivity contribution in [3.63, 3.8) is 0 Å². The van der Waals surface area contributed by atoms with Crippen LogP contribution in [-0.4, -0.2) is 42.7 Å². The van der Waals surface area contributed by atoms with Gasteiger partial charge in [0.2, 0.25) is 0 Å². The first kappa shape index (κ1) is 7.91. The number of ether oxygens (including phenoxy) is 1. The van der Waals surface area contributed by atoms with Gasteiger partial charge in [0.1, 0.15) is 0 Å². The molecule has 0 radical (unpaired) electrons. The third-order valence-corrected chi connectivity index (χ3v) is 2.00. The highest BCUT2D eigenvalue weighted by Gasteiger charge is 2.21. The average molecular weight is 160 g/mol. The molecule has 0 amide bonds. The molecule has 1 saturated heterocycles. The quantitative estimate of drug-likeness (QED) is 0.530. The Morgan fingerprint density at radius 2 is 2.50 bits per heavy atom. The van der Waals surface area contributed by atoms with E-state index in [0.29, 0.717) is 11.6 Å². The zero-order chi connectivity index (χ0) is 7.56. The molecule has 10 heavy (non-hydrogen) atoms. The summed E-state index contributed by atoms with van der Waals surface area (Å²) in [5.74, 6) is 0. The maximum atomic E-state index is 5.47. The summed E-state index contributed by atoms with van der Waals surface area (Å²) in [5.41, 5.74) is 5.47. The molecular weight excluding hydrogens is 148 g/mol. The van der Waals surface area contributed by atoms with Crippen molar-refractivity contribution in [3.8, 4) is 0 Å². The molecule has 0 aromatic carbocycles. The maximum Gasteiger partial charge on any atom is 0.0925 e. The van der Waals surface area contributed by atoms with Crippen LogP contribution in [0, 0.1) is 0 Å². The lowest BCUT2D eigenvalue weighted by Crippen LogP contribution is -2.49. The highest BCUT2D eigenvalue weighted by atomic mass is 32.1. The summed E-state index contributed by atoms with van der Waals surface area (Å²) in [5, 5.41) is 0. The molecule has 2 N–H and O–H groups in total. The van der Waals surface area contributed by atoms with E-state index in [2.05, 4.69) is 4.90 Å². The number of likely N-dealkylation sites (N-methyl/N-ethyl adjacent to an activating group) is 1. The topological polar surface area (TPSA) is 38.5 Å². The standard InChI is InChI=1S/C6H12N2OS/c1-8-2-3-9-4-5(8)6(7)10/h5H,2-4H2,1H3,(H2,7,10). The van der Waals surface area contributed by atoms with Gasteiger partial charge in [-0.2, -0.15) is 0 Å². The Morgan fingerprint density at radius 1 is 1.80 bits per heavy atom. The Kier molecular flexibility index (Phi) is 2.59. The normalized spacial score (nSPS) is 28.3. The van der Waals surface area contributed by atoms with Gasteiger partial charge in [0, 0.05) is 6.54 Å². The molecule has 0 saturated carbocycles. The number of hydrogen-bond donors (Lipinski definition) is 1.